The molecule has 3 atom stereocenters. The van der Waals surface area contributed by atoms with Crippen LogP contribution in [0.5, 0.6) is 0 Å². The number of hydrogen-bond acceptors (Lipinski definition) is 17. The Kier molecular flexibility index (Phi) is 34.4. The third kappa shape index (κ3) is 30.4. The number of benzene rings is 9. The zero-order valence-corrected chi connectivity index (χ0v) is 64.5. The highest BCUT2D eigenvalue weighted by atomic mass is 79.9. The molecule has 0 spiro atoms. The quantitative estimate of drug-likeness (QED) is 0.0125. The molecule has 1 amide bonds. The van der Waals surface area contributed by atoms with Gasteiger partial charge in [-0.3, -0.25) is 28.9 Å². The van der Waals surface area contributed by atoms with E-state index in [1.807, 2.05) is 5.48 Å². The molecule has 0 bridgehead atoms. The summed E-state index contributed by atoms with van der Waals surface area (Å²) in [4.78, 5) is 12.7. The minimum absolute atomic E-state index is 0.0820. The Morgan fingerprint density at radius 3 is 0.962 bits per heavy atom. The van der Waals surface area contributed by atoms with Crippen molar-refractivity contribution in [2.24, 2.45) is 0 Å². The molecule has 11 N–H and O–H groups in total. The van der Waals surface area contributed by atoms with Crippen molar-refractivity contribution in [2.75, 3.05) is 24.6 Å². The number of amides is 1. The zero-order chi connectivity index (χ0) is 77.0. The van der Waals surface area contributed by atoms with E-state index in [9.17, 15) is 53.7 Å². The fourth-order valence-corrected chi connectivity index (χ4v) is 13.0. The summed E-state index contributed by atoms with van der Waals surface area (Å²) in [5, 5.41) is 40.6. The molecule has 104 heavy (non-hydrogen) atoms. The molecule has 0 saturated carbocycles. The van der Waals surface area contributed by atoms with Gasteiger partial charge in [-0.05, 0) is 253 Å². The average Bonchev–Trinajstić information content (AvgIpc) is 0.844. The summed E-state index contributed by atoms with van der Waals surface area (Å²) in [6.07, 6.45) is 0. The summed E-state index contributed by atoms with van der Waals surface area (Å²) in [6.45, 7) is 9.12. The number of carbonyl (C=O) groups excluding carboxylic acids is 1. The predicted octanol–water partition coefficient (Wildman–Crippen LogP) is 14.1. The topological polar surface area (TPSA) is 336 Å². The Morgan fingerprint density at radius 2 is 0.712 bits per heavy atom. The third-order valence-corrected chi connectivity index (χ3v) is 20.4. The van der Waals surface area contributed by atoms with Gasteiger partial charge in [0.15, 0.2) is 0 Å². The van der Waals surface area contributed by atoms with E-state index in [0.717, 1.165) is 15.2 Å². The van der Waals surface area contributed by atoms with Gasteiger partial charge >= 0.3 is 14.2 Å². The van der Waals surface area contributed by atoms with Crippen LogP contribution in [0, 0.1) is 35.5 Å². The fourth-order valence-electron chi connectivity index (χ4n) is 7.83. The number of nitrogens with two attached hydrogens (primary N) is 1. The Morgan fingerprint density at radius 1 is 0.452 bits per heavy atom. The van der Waals surface area contributed by atoms with E-state index >= 15 is 0 Å². The summed E-state index contributed by atoms with van der Waals surface area (Å²) >= 11 is 31.9. The van der Waals surface area contributed by atoms with E-state index in [4.69, 9.17) is 73.7 Å². The monoisotopic (exact) mass is 1650 g/mol. The Balaban J connectivity index is 0.000000242. The summed E-state index contributed by atoms with van der Waals surface area (Å²) in [5.74, 6) is 16.4. The minimum atomic E-state index is -3.74. The van der Waals surface area contributed by atoms with Crippen molar-refractivity contribution in [3.05, 3.63) is 265 Å². The van der Waals surface area contributed by atoms with E-state index in [1.54, 1.807) is 191 Å². The first kappa shape index (κ1) is 86.4. The van der Waals surface area contributed by atoms with Gasteiger partial charge in [0, 0.05) is 81.6 Å². The molecule has 0 aromatic heterocycles. The number of hydrogen-bond donors (Lipinski definition) is 10. The first-order valence-corrected chi connectivity index (χ1v) is 39.0. The highest BCUT2D eigenvalue weighted by molar-refractivity contribution is 9.10. The first-order valence-electron chi connectivity index (χ1n) is 30.4. The lowest BCUT2D eigenvalue weighted by atomic mass is 9.85. The van der Waals surface area contributed by atoms with Gasteiger partial charge in [0.1, 0.15) is 6.04 Å². The third-order valence-electron chi connectivity index (χ3n) is 13.1. The van der Waals surface area contributed by atoms with Crippen LogP contribution in [0.25, 0.3) is 0 Å². The number of rotatable bonds is 18. The van der Waals surface area contributed by atoms with Crippen LogP contribution in [0.1, 0.15) is 44.4 Å². The molecule has 0 aliphatic carbocycles. The van der Waals surface area contributed by atoms with Gasteiger partial charge in [-0.25, -0.2) is 38.7 Å². The lowest BCUT2D eigenvalue weighted by Gasteiger charge is -2.26. The summed E-state index contributed by atoms with van der Waals surface area (Å²) in [5.41, 5.74) is 11.6. The number of carbonyl (C=O) groups is 1. The maximum atomic E-state index is 12.5. The molecule has 9 aromatic rings. The maximum absolute atomic E-state index is 12.5. The number of nitrogen functional groups attached to an aromatic ring is 1. The standard InChI is InChI=1S/C18H21B2ClN2O5S.C18H17ClN2O4S.C16H15ClN2O3S.C12H9BrClNO2S.C6H6ClN/c1-14(23(19(2)24)28-20(3)25)4-5-15-6-12-18(13-7-15)29(26,27)22-17-10-8-16(21)9-11-17;1-13(21(23)14(2)22)3-4-15-5-11-18(12-6-15)26(24,25)20-17-9-7-16(19)8-10-17;1-12(18-20)2-3-13-4-10-16(11-5-13)23(21,22)19-15-8-6-14(17)7-9-15;13-9-1-7-12(8-2-9)18(16,17)15-11-5-3-10(14)4-6-11;7-5-1-3-6(8)4-2-5/h6-14,22,24-25H,1-3H3;5-13,20,23H,1-2H3;4-12,18-20H,1H3;1-8,15H;1-4H,8H2. The molecule has 0 heterocycles. The smallest absolute Gasteiger partial charge is 0.436 e. The van der Waals surface area contributed by atoms with Crippen LogP contribution in [0.4, 0.5) is 28.4 Å². The fraction of sp³-hybridized carbons (Fsp3) is 0.129. The van der Waals surface area contributed by atoms with Gasteiger partial charge in [-0.1, -0.05) is 109 Å². The number of nitrogens with zero attached hydrogens (tertiary/aromatic N) is 2. The van der Waals surface area contributed by atoms with Crippen LogP contribution >= 0.6 is 73.9 Å². The van der Waals surface area contributed by atoms with Crippen LogP contribution in [0.2, 0.25) is 38.8 Å². The largest absolute Gasteiger partial charge is 0.467 e. The van der Waals surface area contributed by atoms with Crippen molar-refractivity contribution in [1.82, 2.24) is 15.5 Å². The number of hydroxylamine groups is 4. The molecule has 9 rings (SSSR count). The van der Waals surface area contributed by atoms with Gasteiger partial charge in [-0.15, -0.1) is 0 Å². The van der Waals surface area contributed by atoms with E-state index in [2.05, 4.69) is 70.3 Å². The van der Waals surface area contributed by atoms with E-state index < -0.39 is 72.3 Å². The molecule has 9 aromatic carbocycles. The van der Waals surface area contributed by atoms with Crippen molar-refractivity contribution < 1.29 is 63.7 Å². The SMILES string of the molecule is CB(O)ON(B(C)O)C(C)C#Cc1ccc(S(=O)(=O)Nc2ccc(Cl)cc2)cc1.CC(=O)N(O)C(C)C#Cc1ccc(S(=O)(=O)Nc2ccc(Cl)cc2)cc1.CC(C#Cc1ccc(S(=O)(=O)Nc2ccc(Cl)cc2)cc1)NO.Nc1ccc(Cl)cc1.O=S(=O)(Nc1ccc(Cl)cc1)c1ccc(Br)cc1. The second-order valence-corrected chi connectivity index (χ2v) is 31.4. The molecule has 0 aliphatic heterocycles. The Labute approximate surface area is 640 Å². The van der Waals surface area contributed by atoms with Gasteiger partial charge in [0.2, 0.25) is 5.91 Å². The molecule has 0 saturated heterocycles. The molecule has 0 aliphatic rings. The average molecular weight is 1650 g/mol. The van der Waals surface area contributed by atoms with Gasteiger partial charge < -0.3 is 25.7 Å². The zero-order valence-electron chi connectivity index (χ0n) is 55.9. The van der Waals surface area contributed by atoms with Crippen molar-refractivity contribution >= 4 is 163 Å². The van der Waals surface area contributed by atoms with Gasteiger partial charge in [0.25, 0.3) is 40.1 Å². The second-order valence-electron chi connectivity index (χ2n) is 21.6. The molecular formula is C70H68B2BrCl5N8O14S4. The summed E-state index contributed by atoms with van der Waals surface area (Å²) in [7, 11) is -16.8. The molecule has 3 unspecified atom stereocenters. The lowest BCUT2D eigenvalue weighted by molar-refractivity contribution is -0.166. The highest BCUT2D eigenvalue weighted by Crippen LogP contribution is 2.24. The van der Waals surface area contributed by atoms with Gasteiger partial charge in [-0.2, -0.15) is 10.5 Å². The normalized spacial score (nSPS) is 11.7. The Hall–Kier alpha value is -8.29. The number of sulfonamides is 4. The number of anilines is 5. The highest BCUT2D eigenvalue weighted by Gasteiger charge is 2.26. The molecule has 22 nitrogen and oxygen atoms in total. The first-order chi connectivity index (χ1) is 48.9. The van der Waals surface area contributed by atoms with E-state index in [-0.39, 0.29) is 25.6 Å². The summed E-state index contributed by atoms with van der Waals surface area (Å²) in [6, 6.07) is 55.6. The van der Waals surface area contributed by atoms with Crippen LogP contribution in [-0.4, -0.2) is 102 Å². The van der Waals surface area contributed by atoms with E-state index in [1.165, 1.54) is 74.1 Å². The van der Waals surface area contributed by atoms with E-state index in [0.29, 0.717) is 64.6 Å². The minimum Gasteiger partial charge on any atom is -0.436 e. The maximum Gasteiger partial charge on any atom is 0.467 e. The second kappa shape index (κ2) is 41.4. The molecule has 34 heteroatoms. The summed E-state index contributed by atoms with van der Waals surface area (Å²) < 4.78 is 114. The van der Waals surface area contributed by atoms with Crippen LogP contribution < -0.4 is 30.1 Å². The molecular weight excluding hydrogens is 1580 g/mol. The van der Waals surface area contributed by atoms with Crippen molar-refractivity contribution in [3.8, 4) is 35.5 Å². The number of halogens is 6. The number of nitrogens with one attached hydrogen (secondary N) is 5. The molecule has 0 fully saturated rings. The van der Waals surface area contributed by atoms with Crippen molar-refractivity contribution in [3.63, 3.8) is 0 Å². The van der Waals surface area contributed by atoms with Crippen molar-refractivity contribution in [2.45, 2.75) is 79.0 Å². The Bertz CT molecular complexity index is 4940. The molecule has 544 valence electrons. The predicted molar refractivity (Wildman–Crippen MR) is 417 cm³/mol. The van der Waals surface area contributed by atoms with Crippen LogP contribution in [0.3, 0.4) is 0 Å². The lowest BCUT2D eigenvalue weighted by Crippen LogP contribution is -2.46. The van der Waals surface area contributed by atoms with Crippen LogP contribution in [0.15, 0.2) is 242 Å². The van der Waals surface area contributed by atoms with Gasteiger partial charge in [0.05, 0.1) is 31.7 Å². The van der Waals surface area contributed by atoms with Crippen LogP contribution in [-0.2, 0) is 49.6 Å². The van der Waals surface area contributed by atoms with Crippen molar-refractivity contribution in [1.29, 1.82) is 0 Å². The molecule has 0 radical (unpaired) electrons.